The number of ketones is 1. The molecule has 1 aromatic carbocycles. The Balaban J connectivity index is 2.77. The minimum Gasteiger partial charge on any atom is -0.507 e. The molecule has 0 saturated heterocycles. The minimum absolute atomic E-state index is 0.122. The lowest BCUT2D eigenvalue weighted by molar-refractivity contribution is -0.141. The largest absolute Gasteiger partial charge is 0.507 e. The number of hydrogen-bond acceptors (Lipinski definition) is 4. The van der Waals surface area contributed by atoms with Crippen molar-refractivity contribution >= 4 is 27.7 Å². The first kappa shape index (κ1) is 12.7. The predicted molar refractivity (Wildman–Crippen MR) is 61.4 cm³/mol. The number of carbonyl (C=O) groups is 2. The Morgan fingerprint density at radius 2 is 2.12 bits per heavy atom. The molecule has 0 radical (unpaired) electrons. The van der Waals surface area contributed by atoms with Crippen LogP contribution >= 0.6 is 15.9 Å². The molecule has 0 bridgehead atoms. The molecule has 0 aliphatic rings. The highest BCUT2D eigenvalue weighted by Crippen LogP contribution is 2.23. The van der Waals surface area contributed by atoms with Crippen LogP contribution in [0.1, 0.15) is 23.7 Å². The molecule has 0 fully saturated rings. The van der Waals surface area contributed by atoms with E-state index in [4.69, 9.17) is 0 Å². The zero-order valence-corrected chi connectivity index (χ0v) is 10.3. The number of esters is 1. The second-order valence-electron chi connectivity index (χ2n) is 3.07. The second kappa shape index (κ2) is 5.65. The fourth-order valence-electron chi connectivity index (χ4n) is 1.18. The fourth-order valence-corrected chi connectivity index (χ4v) is 1.53. The van der Waals surface area contributed by atoms with Crippen LogP contribution in [-0.4, -0.2) is 23.5 Å². The molecule has 0 atom stereocenters. The van der Waals surface area contributed by atoms with Gasteiger partial charge in [0.2, 0.25) is 0 Å². The molecule has 0 saturated carbocycles. The van der Waals surface area contributed by atoms with Gasteiger partial charge in [0.05, 0.1) is 12.2 Å². The average Bonchev–Trinajstić information content (AvgIpc) is 2.17. The van der Waals surface area contributed by atoms with E-state index < -0.39 is 11.8 Å². The molecule has 0 spiro atoms. The maximum atomic E-state index is 11.6. The van der Waals surface area contributed by atoms with Crippen LogP contribution in [0.2, 0.25) is 0 Å². The van der Waals surface area contributed by atoms with E-state index in [1.54, 1.807) is 13.0 Å². The van der Waals surface area contributed by atoms with Gasteiger partial charge in [-0.15, -0.1) is 0 Å². The first-order valence-electron chi connectivity index (χ1n) is 4.72. The van der Waals surface area contributed by atoms with Crippen molar-refractivity contribution in [2.24, 2.45) is 0 Å². The summed E-state index contributed by atoms with van der Waals surface area (Å²) < 4.78 is 5.31. The van der Waals surface area contributed by atoms with Crippen molar-refractivity contribution in [1.82, 2.24) is 0 Å². The number of aromatic hydroxyl groups is 1. The summed E-state index contributed by atoms with van der Waals surface area (Å²) in [5.41, 5.74) is 0.122. The van der Waals surface area contributed by atoms with Gasteiger partial charge in [0.25, 0.3) is 0 Å². The molecule has 0 heterocycles. The Labute approximate surface area is 101 Å². The van der Waals surface area contributed by atoms with Gasteiger partial charge >= 0.3 is 5.97 Å². The Bertz CT molecular complexity index is 414. The van der Waals surface area contributed by atoms with E-state index in [9.17, 15) is 14.7 Å². The number of Topliss-reactive ketones (excluding diaryl/α,β-unsaturated/α-hetero) is 1. The Hall–Kier alpha value is -1.36. The predicted octanol–water partition coefficient (Wildman–Crippen LogP) is 2.29. The van der Waals surface area contributed by atoms with Crippen LogP contribution in [0, 0.1) is 0 Å². The van der Waals surface area contributed by atoms with Crippen LogP contribution < -0.4 is 0 Å². The Morgan fingerprint density at radius 3 is 2.69 bits per heavy atom. The molecule has 5 heteroatoms. The van der Waals surface area contributed by atoms with Crippen LogP contribution in [0.3, 0.4) is 0 Å². The van der Waals surface area contributed by atoms with E-state index in [1.807, 2.05) is 0 Å². The van der Waals surface area contributed by atoms with Gasteiger partial charge < -0.3 is 9.84 Å². The highest BCUT2D eigenvalue weighted by molar-refractivity contribution is 9.10. The molecule has 0 unspecified atom stereocenters. The van der Waals surface area contributed by atoms with Gasteiger partial charge in [0, 0.05) is 4.47 Å². The number of hydrogen-bond donors (Lipinski definition) is 1. The summed E-state index contributed by atoms with van der Waals surface area (Å²) in [5, 5.41) is 9.50. The van der Waals surface area contributed by atoms with E-state index in [-0.39, 0.29) is 24.3 Å². The van der Waals surface area contributed by atoms with Crippen LogP contribution in [0.25, 0.3) is 0 Å². The average molecular weight is 287 g/mol. The Morgan fingerprint density at radius 1 is 1.44 bits per heavy atom. The molecule has 0 aliphatic carbocycles. The summed E-state index contributed by atoms with van der Waals surface area (Å²) in [6.45, 7) is 1.90. The molecule has 1 aromatic rings. The minimum atomic E-state index is -0.588. The second-order valence-corrected chi connectivity index (χ2v) is 3.98. The highest BCUT2D eigenvalue weighted by atomic mass is 79.9. The SMILES string of the molecule is CCOC(=O)CC(=O)c1ccc(Br)cc1O. The number of benzene rings is 1. The van der Waals surface area contributed by atoms with Crippen LogP contribution in [0.15, 0.2) is 22.7 Å². The third kappa shape index (κ3) is 3.34. The van der Waals surface area contributed by atoms with Crippen molar-refractivity contribution in [3.05, 3.63) is 28.2 Å². The third-order valence-corrected chi connectivity index (χ3v) is 2.36. The highest BCUT2D eigenvalue weighted by Gasteiger charge is 2.15. The summed E-state index contributed by atoms with van der Waals surface area (Å²) in [4.78, 5) is 22.7. The lowest BCUT2D eigenvalue weighted by Crippen LogP contribution is -2.11. The lowest BCUT2D eigenvalue weighted by Gasteiger charge is -2.04. The standard InChI is InChI=1S/C11H11BrO4/c1-2-16-11(15)6-10(14)8-4-3-7(12)5-9(8)13/h3-5,13H,2,6H2,1H3. The lowest BCUT2D eigenvalue weighted by atomic mass is 10.1. The van der Waals surface area contributed by atoms with Crippen molar-refractivity contribution in [3.8, 4) is 5.75 Å². The number of phenols is 1. The smallest absolute Gasteiger partial charge is 0.313 e. The van der Waals surface area contributed by atoms with E-state index in [2.05, 4.69) is 20.7 Å². The van der Waals surface area contributed by atoms with Crippen molar-refractivity contribution in [2.75, 3.05) is 6.61 Å². The quantitative estimate of drug-likeness (QED) is 0.524. The molecule has 86 valence electrons. The third-order valence-electron chi connectivity index (χ3n) is 1.87. The molecule has 1 N–H and O–H groups in total. The van der Waals surface area contributed by atoms with Gasteiger partial charge in [-0.25, -0.2) is 0 Å². The monoisotopic (exact) mass is 286 g/mol. The topological polar surface area (TPSA) is 63.6 Å². The molecule has 4 nitrogen and oxygen atoms in total. The number of carbonyl (C=O) groups excluding carboxylic acids is 2. The normalized spacial score (nSPS) is 9.88. The van der Waals surface area contributed by atoms with E-state index in [0.29, 0.717) is 4.47 Å². The molecular formula is C11H11BrO4. The van der Waals surface area contributed by atoms with Crippen LogP contribution in [0.4, 0.5) is 0 Å². The summed E-state index contributed by atoms with van der Waals surface area (Å²) in [6.07, 6.45) is -0.358. The van der Waals surface area contributed by atoms with E-state index in [1.165, 1.54) is 12.1 Å². The number of rotatable bonds is 4. The van der Waals surface area contributed by atoms with Gasteiger partial charge in [-0.2, -0.15) is 0 Å². The van der Waals surface area contributed by atoms with Gasteiger partial charge in [-0.05, 0) is 25.1 Å². The van der Waals surface area contributed by atoms with Gasteiger partial charge in [-0.3, -0.25) is 9.59 Å². The molecular weight excluding hydrogens is 276 g/mol. The first-order valence-corrected chi connectivity index (χ1v) is 5.51. The van der Waals surface area contributed by atoms with Crippen molar-refractivity contribution in [2.45, 2.75) is 13.3 Å². The molecule has 0 aromatic heterocycles. The van der Waals surface area contributed by atoms with Crippen LogP contribution in [0.5, 0.6) is 5.75 Å². The summed E-state index contributed by atoms with van der Waals surface area (Å²) >= 11 is 3.16. The number of ether oxygens (including phenoxy) is 1. The van der Waals surface area contributed by atoms with Crippen LogP contribution in [-0.2, 0) is 9.53 Å². The number of phenolic OH excluding ortho intramolecular Hbond substituents is 1. The zero-order valence-electron chi connectivity index (χ0n) is 8.70. The molecule has 16 heavy (non-hydrogen) atoms. The molecule has 1 rings (SSSR count). The maximum absolute atomic E-state index is 11.6. The van der Waals surface area contributed by atoms with Crippen molar-refractivity contribution < 1.29 is 19.4 Å². The summed E-state index contributed by atoms with van der Waals surface area (Å²) in [7, 11) is 0. The fraction of sp³-hybridized carbons (Fsp3) is 0.273. The van der Waals surface area contributed by atoms with Gasteiger partial charge in [-0.1, -0.05) is 15.9 Å². The molecule has 0 amide bonds. The Kier molecular flexibility index (Phi) is 4.49. The first-order chi connectivity index (χ1) is 7.54. The van der Waals surface area contributed by atoms with E-state index in [0.717, 1.165) is 0 Å². The van der Waals surface area contributed by atoms with Crippen molar-refractivity contribution in [1.29, 1.82) is 0 Å². The summed E-state index contributed by atoms with van der Waals surface area (Å²) in [6, 6.07) is 4.48. The number of halogens is 1. The summed E-state index contributed by atoms with van der Waals surface area (Å²) in [5.74, 6) is -1.19. The van der Waals surface area contributed by atoms with E-state index >= 15 is 0 Å². The van der Waals surface area contributed by atoms with Crippen molar-refractivity contribution in [3.63, 3.8) is 0 Å². The molecule has 0 aliphatic heterocycles. The van der Waals surface area contributed by atoms with Gasteiger partial charge in [0.1, 0.15) is 12.2 Å². The zero-order chi connectivity index (χ0) is 12.1. The van der Waals surface area contributed by atoms with Gasteiger partial charge in [0.15, 0.2) is 5.78 Å². The maximum Gasteiger partial charge on any atom is 0.313 e.